The Morgan fingerprint density at radius 1 is 1.38 bits per heavy atom. The van der Waals surface area contributed by atoms with Crippen LogP contribution in [-0.4, -0.2) is 13.2 Å². The molecule has 0 fully saturated rings. The minimum atomic E-state index is 0.781. The smallest absolute Gasteiger partial charge is 0.0673 e. The van der Waals surface area contributed by atoms with Crippen molar-refractivity contribution in [1.29, 1.82) is 0 Å². The van der Waals surface area contributed by atoms with Gasteiger partial charge in [0.2, 0.25) is 0 Å². The molecule has 0 spiro atoms. The van der Waals surface area contributed by atoms with Gasteiger partial charge in [0.25, 0.3) is 0 Å². The highest BCUT2D eigenvalue weighted by Crippen LogP contribution is 2.06. The molecule has 0 aromatic carbocycles. The Hall–Kier alpha value is -0.560. The molecular weight excluding hydrogens is 160 g/mol. The van der Waals surface area contributed by atoms with E-state index < -0.39 is 0 Å². The average Bonchev–Trinajstić information content (AvgIpc) is 2.08. The maximum Gasteiger partial charge on any atom is 0.0673 e. The standard InChI is InChI=1S/C12H22O/c1-5-13-10-12(4)9-7-6-8-11(2)3/h9H,2,5-8,10H2,1,3-4H3. The molecule has 0 N–H and O–H groups in total. The van der Waals surface area contributed by atoms with E-state index in [0.717, 1.165) is 26.1 Å². The first-order valence-corrected chi connectivity index (χ1v) is 5.04. The third-order valence-electron chi connectivity index (χ3n) is 1.83. The lowest BCUT2D eigenvalue weighted by atomic mass is 10.1. The first-order valence-electron chi connectivity index (χ1n) is 5.04. The lowest BCUT2D eigenvalue weighted by molar-refractivity contribution is 0.170. The van der Waals surface area contributed by atoms with Crippen molar-refractivity contribution in [3.8, 4) is 0 Å². The van der Waals surface area contributed by atoms with Gasteiger partial charge in [-0.2, -0.15) is 0 Å². The SMILES string of the molecule is C=C(C)CCCC=C(C)COCC. The average molecular weight is 182 g/mol. The minimum Gasteiger partial charge on any atom is -0.377 e. The predicted octanol–water partition coefficient (Wildman–Crippen LogP) is 3.72. The lowest BCUT2D eigenvalue weighted by Gasteiger charge is -2.01. The summed E-state index contributed by atoms with van der Waals surface area (Å²) in [6, 6.07) is 0. The second-order valence-electron chi connectivity index (χ2n) is 3.54. The summed E-state index contributed by atoms with van der Waals surface area (Å²) < 4.78 is 5.29. The zero-order chi connectivity index (χ0) is 10.1. The van der Waals surface area contributed by atoms with Crippen LogP contribution in [0.15, 0.2) is 23.8 Å². The molecular formula is C12H22O. The summed E-state index contributed by atoms with van der Waals surface area (Å²) >= 11 is 0. The van der Waals surface area contributed by atoms with Gasteiger partial charge in [-0.25, -0.2) is 0 Å². The molecule has 0 rings (SSSR count). The van der Waals surface area contributed by atoms with Crippen molar-refractivity contribution in [2.45, 2.75) is 40.0 Å². The molecule has 0 aromatic heterocycles. The van der Waals surface area contributed by atoms with E-state index in [2.05, 4.69) is 26.5 Å². The Morgan fingerprint density at radius 3 is 2.62 bits per heavy atom. The van der Waals surface area contributed by atoms with Crippen LogP contribution < -0.4 is 0 Å². The van der Waals surface area contributed by atoms with Crippen molar-refractivity contribution in [1.82, 2.24) is 0 Å². The zero-order valence-corrected chi connectivity index (χ0v) is 9.23. The second kappa shape index (κ2) is 8.06. The first-order chi connectivity index (χ1) is 6.16. The maximum absolute atomic E-state index is 5.29. The molecule has 0 radical (unpaired) electrons. The number of hydrogen-bond donors (Lipinski definition) is 0. The molecule has 0 aliphatic carbocycles. The fraction of sp³-hybridized carbons (Fsp3) is 0.667. The van der Waals surface area contributed by atoms with Gasteiger partial charge < -0.3 is 4.74 Å². The van der Waals surface area contributed by atoms with E-state index in [4.69, 9.17) is 4.74 Å². The van der Waals surface area contributed by atoms with Crippen LogP contribution in [0.3, 0.4) is 0 Å². The van der Waals surface area contributed by atoms with Crippen LogP contribution in [0.4, 0.5) is 0 Å². The number of hydrogen-bond acceptors (Lipinski definition) is 1. The maximum atomic E-state index is 5.29. The number of rotatable bonds is 7. The first kappa shape index (κ1) is 12.4. The molecule has 1 nitrogen and oxygen atoms in total. The van der Waals surface area contributed by atoms with E-state index in [0.29, 0.717) is 0 Å². The van der Waals surface area contributed by atoms with Crippen molar-refractivity contribution in [3.63, 3.8) is 0 Å². The van der Waals surface area contributed by atoms with Gasteiger partial charge in [0.05, 0.1) is 6.61 Å². The van der Waals surface area contributed by atoms with Crippen LogP contribution in [0.1, 0.15) is 40.0 Å². The fourth-order valence-electron chi connectivity index (χ4n) is 1.07. The molecule has 0 amide bonds. The van der Waals surface area contributed by atoms with Crippen molar-refractivity contribution in [3.05, 3.63) is 23.8 Å². The molecule has 0 saturated carbocycles. The normalized spacial score (nSPS) is 11.8. The van der Waals surface area contributed by atoms with Gasteiger partial charge in [0, 0.05) is 6.61 Å². The van der Waals surface area contributed by atoms with E-state index in [9.17, 15) is 0 Å². The molecule has 0 aromatic rings. The predicted molar refractivity (Wildman–Crippen MR) is 58.9 cm³/mol. The summed E-state index contributed by atoms with van der Waals surface area (Å²) in [6.45, 7) is 11.7. The molecule has 0 saturated heterocycles. The summed E-state index contributed by atoms with van der Waals surface area (Å²) in [5.41, 5.74) is 2.61. The monoisotopic (exact) mass is 182 g/mol. The third-order valence-corrected chi connectivity index (χ3v) is 1.83. The third kappa shape index (κ3) is 9.35. The summed E-state index contributed by atoms with van der Waals surface area (Å²) in [5, 5.41) is 0. The van der Waals surface area contributed by atoms with Gasteiger partial charge in [-0.15, -0.1) is 6.58 Å². The van der Waals surface area contributed by atoms with Crippen molar-refractivity contribution < 1.29 is 4.74 Å². The molecule has 0 atom stereocenters. The van der Waals surface area contributed by atoms with Crippen LogP contribution in [0.5, 0.6) is 0 Å². The van der Waals surface area contributed by atoms with E-state index >= 15 is 0 Å². The molecule has 0 unspecified atom stereocenters. The molecule has 0 aliphatic heterocycles. The van der Waals surface area contributed by atoms with Gasteiger partial charge in [0.15, 0.2) is 0 Å². The Balaban J connectivity index is 3.41. The lowest BCUT2D eigenvalue weighted by Crippen LogP contribution is -1.94. The minimum absolute atomic E-state index is 0.781. The van der Waals surface area contributed by atoms with Gasteiger partial charge >= 0.3 is 0 Å². The second-order valence-corrected chi connectivity index (χ2v) is 3.54. The topological polar surface area (TPSA) is 9.23 Å². The van der Waals surface area contributed by atoms with Gasteiger partial charge in [0.1, 0.15) is 0 Å². The highest BCUT2D eigenvalue weighted by Gasteiger charge is 1.90. The Kier molecular flexibility index (Phi) is 7.71. The van der Waals surface area contributed by atoms with Crippen molar-refractivity contribution >= 4 is 0 Å². The fourth-order valence-corrected chi connectivity index (χ4v) is 1.07. The summed E-state index contributed by atoms with van der Waals surface area (Å²) in [6.07, 6.45) is 5.75. The molecule has 0 bridgehead atoms. The van der Waals surface area contributed by atoms with Crippen LogP contribution >= 0.6 is 0 Å². The summed E-state index contributed by atoms with van der Waals surface area (Å²) in [4.78, 5) is 0. The number of ether oxygens (including phenoxy) is 1. The zero-order valence-electron chi connectivity index (χ0n) is 9.23. The highest BCUT2D eigenvalue weighted by atomic mass is 16.5. The van der Waals surface area contributed by atoms with E-state index in [1.165, 1.54) is 17.6 Å². The van der Waals surface area contributed by atoms with Gasteiger partial charge in [-0.3, -0.25) is 0 Å². The van der Waals surface area contributed by atoms with Crippen LogP contribution in [0.2, 0.25) is 0 Å². The number of unbranched alkanes of at least 4 members (excludes halogenated alkanes) is 1. The van der Waals surface area contributed by atoms with Crippen LogP contribution in [-0.2, 0) is 4.74 Å². The van der Waals surface area contributed by atoms with Crippen molar-refractivity contribution in [2.24, 2.45) is 0 Å². The summed E-state index contributed by atoms with van der Waals surface area (Å²) in [7, 11) is 0. The Morgan fingerprint density at radius 2 is 2.08 bits per heavy atom. The van der Waals surface area contributed by atoms with E-state index in [1.54, 1.807) is 0 Å². The summed E-state index contributed by atoms with van der Waals surface area (Å²) in [5.74, 6) is 0. The molecule has 1 heteroatoms. The van der Waals surface area contributed by atoms with Gasteiger partial charge in [-0.1, -0.05) is 17.2 Å². The Bertz CT molecular complexity index is 168. The van der Waals surface area contributed by atoms with Gasteiger partial charge in [-0.05, 0) is 40.0 Å². The van der Waals surface area contributed by atoms with Crippen LogP contribution in [0, 0.1) is 0 Å². The Labute approximate surface area is 82.5 Å². The quantitative estimate of drug-likeness (QED) is 0.431. The molecule has 76 valence electrons. The van der Waals surface area contributed by atoms with E-state index in [-0.39, 0.29) is 0 Å². The van der Waals surface area contributed by atoms with Crippen LogP contribution in [0.25, 0.3) is 0 Å². The number of allylic oxidation sites excluding steroid dienone is 2. The largest absolute Gasteiger partial charge is 0.377 e. The molecule has 0 aliphatic rings. The highest BCUT2D eigenvalue weighted by molar-refractivity contribution is 4.98. The van der Waals surface area contributed by atoms with E-state index in [1.807, 2.05) is 6.92 Å². The molecule has 13 heavy (non-hydrogen) atoms. The van der Waals surface area contributed by atoms with Crippen molar-refractivity contribution in [2.75, 3.05) is 13.2 Å². The molecule has 0 heterocycles.